The number of aryl methyl sites for hydroxylation is 1. The summed E-state index contributed by atoms with van der Waals surface area (Å²) in [4.78, 5) is 25.9. The minimum absolute atomic E-state index is 0.478. The quantitative estimate of drug-likeness (QED) is 0.684. The molecule has 1 aromatic rings. The standard InChI is InChI=1S/C15H21BrN4O2/c1-11-10-12(2-3-13(11)16)19-15(22)14(21)18-6-9-20-7-4-17-5-8-20/h2-3,10,17H,4-9H2,1H3,(H,18,21)(H,19,22). The highest BCUT2D eigenvalue weighted by Crippen LogP contribution is 2.19. The van der Waals surface area contributed by atoms with E-state index in [-0.39, 0.29) is 0 Å². The number of amides is 2. The van der Waals surface area contributed by atoms with Gasteiger partial charge < -0.3 is 16.0 Å². The zero-order valence-corrected chi connectivity index (χ0v) is 14.2. The maximum atomic E-state index is 11.8. The van der Waals surface area contributed by atoms with Crippen LogP contribution in [0.15, 0.2) is 22.7 Å². The van der Waals surface area contributed by atoms with Crippen molar-refractivity contribution in [3.63, 3.8) is 0 Å². The Morgan fingerprint density at radius 3 is 2.68 bits per heavy atom. The first-order valence-electron chi connectivity index (χ1n) is 7.34. The molecule has 0 radical (unpaired) electrons. The Morgan fingerprint density at radius 1 is 1.27 bits per heavy atom. The van der Waals surface area contributed by atoms with Crippen LogP contribution in [-0.2, 0) is 9.59 Å². The molecule has 1 aromatic carbocycles. The number of carbonyl (C=O) groups excluding carboxylic acids is 2. The Labute approximate surface area is 138 Å². The van der Waals surface area contributed by atoms with E-state index in [1.54, 1.807) is 6.07 Å². The van der Waals surface area contributed by atoms with Gasteiger partial charge >= 0.3 is 11.8 Å². The van der Waals surface area contributed by atoms with Crippen LogP contribution in [0.5, 0.6) is 0 Å². The molecular weight excluding hydrogens is 348 g/mol. The van der Waals surface area contributed by atoms with Gasteiger partial charge in [-0.2, -0.15) is 0 Å². The normalized spacial score (nSPS) is 15.4. The van der Waals surface area contributed by atoms with Crippen molar-refractivity contribution in [3.05, 3.63) is 28.2 Å². The number of hydrogen-bond acceptors (Lipinski definition) is 4. The number of halogens is 1. The van der Waals surface area contributed by atoms with Gasteiger partial charge in [-0.15, -0.1) is 0 Å². The van der Waals surface area contributed by atoms with Crippen molar-refractivity contribution in [1.82, 2.24) is 15.5 Å². The van der Waals surface area contributed by atoms with E-state index in [9.17, 15) is 9.59 Å². The lowest BCUT2D eigenvalue weighted by atomic mass is 10.2. The fraction of sp³-hybridized carbons (Fsp3) is 0.467. The maximum absolute atomic E-state index is 11.8. The van der Waals surface area contributed by atoms with Gasteiger partial charge in [-0.25, -0.2) is 0 Å². The van der Waals surface area contributed by atoms with Crippen molar-refractivity contribution in [2.45, 2.75) is 6.92 Å². The summed E-state index contributed by atoms with van der Waals surface area (Å²) in [6, 6.07) is 5.41. The molecule has 7 heteroatoms. The molecule has 1 saturated heterocycles. The zero-order chi connectivity index (χ0) is 15.9. The molecule has 0 spiro atoms. The van der Waals surface area contributed by atoms with Crippen LogP contribution in [0.2, 0.25) is 0 Å². The van der Waals surface area contributed by atoms with Crippen LogP contribution in [-0.4, -0.2) is 56.0 Å². The average Bonchev–Trinajstić information content (AvgIpc) is 2.52. The molecule has 3 N–H and O–H groups in total. The highest BCUT2D eigenvalue weighted by molar-refractivity contribution is 9.10. The monoisotopic (exact) mass is 368 g/mol. The third kappa shape index (κ3) is 5.08. The minimum Gasteiger partial charge on any atom is -0.347 e. The number of nitrogens with zero attached hydrogens (tertiary/aromatic N) is 1. The zero-order valence-electron chi connectivity index (χ0n) is 12.6. The van der Waals surface area contributed by atoms with Gasteiger partial charge in [-0.1, -0.05) is 15.9 Å². The lowest BCUT2D eigenvalue weighted by molar-refractivity contribution is -0.136. The van der Waals surface area contributed by atoms with Gasteiger partial charge in [0.05, 0.1) is 0 Å². The lowest BCUT2D eigenvalue weighted by Gasteiger charge is -2.26. The number of rotatable bonds is 4. The highest BCUT2D eigenvalue weighted by atomic mass is 79.9. The van der Waals surface area contributed by atoms with Crippen molar-refractivity contribution < 1.29 is 9.59 Å². The van der Waals surface area contributed by atoms with E-state index in [0.29, 0.717) is 12.2 Å². The van der Waals surface area contributed by atoms with Gasteiger partial charge in [0.25, 0.3) is 0 Å². The van der Waals surface area contributed by atoms with Gasteiger partial charge in [-0.3, -0.25) is 14.5 Å². The Bertz CT molecular complexity index is 544. The number of nitrogens with one attached hydrogen (secondary N) is 3. The van der Waals surface area contributed by atoms with Gasteiger partial charge in [0, 0.05) is 49.4 Å². The van der Waals surface area contributed by atoms with Crippen molar-refractivity contribution in [2.24, 2.45) is 0 Å². The molecule has 1 heterocycles. The molecule has 0 atom stereocenters. The first-order valence-corrected chi connectivity index (χ1v) is 8.14. The highest BCUT2D eigenvalue weighted by Gasteiger charge is 2.15. The maximum Gasteiger partial charge on any atom is 0.313 e. The molecule has 0 unspecified atom stereocenters. The second-order valence-electron chi connectivity index (χ2n) is 5.27. The summed E-state index contributed by atoms with van der Waals surface area (Å²) in [5.41, 5.74) is 1.61. The molecule has 1 aliphatic rings. The molecule has 0 bridgehead atoms. The molecule has 2 rings (SSSR count). The van der Waals surface area contributed by atoms with Crippen LogP contribution in [0.4, 0.5) is 5.69 Å². The summed E-state index contributed by atoms with van der Waals surface area (Å²) in [7, 11) is 0. The van der Waals surface area contributed by atoms with Crippen LogP contribution in [0, 0.1) is 6.92 Å². The smallest absolute Gasteiger partial charge is 0.313 e. The Hall–Kier alpha value is -1.44. The van der Waals surface area contributed by atoms with E-state index in [1.165, 1.54) is 0 Å². The van der Waals surface area contributed by atoms with Crippen LogP contribution in [0.25, 0.3) is 0 Å². The molecular formula is C15H21BrN4O2. The third-order valence-electron chi connectivity index (χ3n) is 3.55. The molecule has 120 valence electrons. The molecule has 1 aliphatic heterocycles. The van der Waals surface area contributed by atoms with E-state index in [4.69, 9.17) is 0 Å². The fourth-order valence-corrected chi connectivity index (χ4v) is 2.50. The number of piperazine rings is 1. The number of benzene rings is 1. The van der Waals surface area contributed by atoms with E-state index in [2.05, 4.69) is 36.8 Å². The lowest BCUT2D eigenvalue weighted by Crippen LogP contribution is -2.47. The first kappa shape index (κ1) is 16.9. The van der Waals surface area contributed by atoms with Crippen LogP contribution in [0.3, 0.4) is 0 Å². The van der Waals surface area contributed by atoms with E-state index in [1.807, 2.05) is 19.1 Å². The topological polar surface area (TPSA) is 73.5 Å². The van der Waals surface area contributed by atoms with E-state index < -0.39 is 11.8 Å². The second kappa shape index (κ2) is 8.26. The van der Waals surface area contributed by atoms with Gasteiger partial charge in [-0.05, 0) is 30.7 Å². The molecule has 6 nitrogen and oxygen atoms in total. The predicted molar refractivity (Wildman–Crippen MR) is 89.8 cm³/mol. The van der Waals surface area contributed by atoms with Crippen LogP contribution in [0.1, 0.15) is 5.56 Å². The van der Waals surface area contributed by atoms with Crippen LogP contribution < -0.4 is 16.0 Å². The van der Waals surface area contributed by atoms with Crippen molar-refractivity contribution in [3.8, 4) is 0 Å². The fourth-order valence-electron chi connectivity index (χ4n) is 2.25. The predicted octanol–water partition coefficient (Wildman–Crippen LogP) is 0.717. The Balaban J connectivity index is 1.74. The summed E-state index contributed by atoms with van der Waals surface area (Å²) in [5.74, 6) is -1.24. The molecule has 0 aromatic heterocycles. The average molecular weight is 369 g/mol. The number of carbonyl (C=O) groups is 2. The largest absolute Gasteiger partial charge is 0.347 e. The SMILES string of the molecule is Cc1cc(NC(=O)C(=O)NCCN2CCNCC2)ccc1Br. The van der Waals surface area contributed by atoms with Gasteiger partial charge in [0.15, 0.2) is 0 Å². The number of anilines is 1. The molecule has 1 fully saturated rings. The van der Waals surface area contributed by atoms with Crippen LogP contribution >= 0.6 is 15.9 Å². The Kier molecular flexibility index (Phi) is 6.35. The van der Waals surface area contributed by atoms with Crippen molar-refractivity contribution in [1.29, 1.82) is 0 Å². The van der Waals surface area contributed by atoms with Gasteiger partial charge in [0.1, 0.15) is 0 Å². The van der Waals surface area contributed by atoms with Crippen molar-refractivity contribution in [2.75, 3.05) is 44.6 Å². The molecule has 0 saturated carbocycles. The summed E-state index contributed by atoms with van der Waals surface area (Å²) in [6.45, 7) is 7.05. The molecule has 22 heavy (non-hydrogen) atoms. The molecule has 2 amide bonds. The molecule has 0 aliphatic carbocycles. The summed E-state index contributed by atoms with van der Waals surface area (Å²) >= 11 is 3.40. The summed E-state index contributed by atoms with van der Waals surface area (Å²) < 4.78 is 0.964. The Morgan fingerprint density at radius 2 is 2.00 bits per heavy atom. The van der Waals surface area contributed by atoms with E-state index >= 15 is 0 Å². The summed E-state index contributed by atoms with van der Waals surface area (Å²) in [5, 5.41) is 8.53. The first-order chi connectivity index (χ1) is 10.6. The van der Waals surface area contributed by atoms with Crippen molar-refractivity contribution >= 4 is 33.4 Å². The van der Waals surface area contributed by atoms with E-state index in [0.717, 1.165) is 42.8 Å². The number of hydrogen-bond donors (Lipinski definition) is 3. The third-order valence-corrected chi connectivity index (χ3v) is 4.43. The summed E-state index contributed by atoms with van der Waals surface area (Å²) in [6.07, 6.45) is 0. The van der Waals surface area contributed by atoms with Gasteiger partial charge in [0.2, 0.25) is 0 Å². The second-order valence-corrected chi connectivity index (χ2v) is 6.12. The minimum atomic E-state index is -0.637.